The van der Waals surface area contributed by atoms with E-state index in [0.717, 1.165) is 0 Å². The van der Waals surface area contributed by atoms with E-state index >= 15 is 0 Å². The van der Waals surface area contributed by atoms with Crippen molar-refractivity contribution in [3.63, 3.8) is 0 Å². The molecule has 6 nitrogen and oxygen atoms in total. The Morgan fingerprint density at radius 1 is 1.47 bits per heavy atom. The fourth-order valence-corrected chi connectivity index (χ4v) is 2.22. The van der Waals surface area contributed by atoms with E-state index in [2.05, 4.69) is 9.46 Å². The van der Waals surface area contributed by atoms with Gasteiger partial charge in [0.15, 0.2) is 5.75 Å². The van der Waals surface area contributed by atoms with Crippen LogP contribution < -0.4 is 4.72 Å². The Morgan fingerprint density at radius 3 is 2.40 bits per heavy atom. The third-order valence-corrected chi connectivity index (χ3v) is 2.92. The van der Waals surface area contributed by atoms with E-state index in [4.69, 9.17) is 5.11 Å². The van der Waals surface area contributed by atoms with E-state index in [1.165, 1.54) is 13.8 Å². The molecule has 15 heavy (non-hydrogen) atoms. The Kier molecular flexibility index (Phi) is 5.19. The number of rotatable bonds is 6. The van der Waals surface area contributed by atoms with Crippen molar-refractivity contribution in [2.24, 2.45) is 0 Å². The molecule has 0 saturated carbocycles. The third kappa shape index (κ3) is 6.43. The number of hydrogen-bond donors (Lipinski definition) is 2. The highest BCUT2D eigenvalue weighted by Crippen LogP contribution is 2.03. The molecule has 0 fully saturated rings. The zero-order chi connectivity index (χ0) is 12.1. The maximum absolute atomic E-state index is 11.4. The van der Waals surface area contributed by atoms with E-state index in [0.29, 0.717) is 0 Å². The average molecular weight is 239 g/mol. The van der Waals surface area contributed by atoms with Crippen molar-refractivity contribution >= 4 is 16.0 Å². The van der Waals surface area contributed by atoms with Gasteiger partial charge in [-0.25, -0.2) is 13.1 Å². The summed E-state index contributed by atoms with van der Waals surface area (Å²) in [5.74, 6) is -1.54. The summed E-state index contributed by atoms with van der Waals surface area (Å²) in [6.07, 6.45) is 0. The zero-order valence-corrected chi connectivity index (χ0v) is 9.93. The molecule has 90 valence electrons. The van der Waals surface area contributed by atoms with Crippen LogP contribution in [0.2, 0.25) is 0 Å². The molecule has 0 unspecified atom stereocenters. The SMILES string of the molecule is CCOC(=O)CS(=O)(=O)NC(C)(C)CO. The lowest BCUT2D eigenvalue weighted by atomic mass is 10.1. The second-order valence-electron chi connectivity index (χ2n) is 3.71. The van der Waals surface area contributed by atoms with Crippen molar-refractivity contribution in [2.75, 3.05) is 19.0 Å². The highest BCUT2D eigenvalue weighted by molar-refractivity contribution is 7.90. The monoisotopic (exact) mass is 239 g/mol. The number of carbonyl (C=O) groups is 1. The molecule has 0 aromatic heterocycles. The maximum Gasteiger partial charge on any atom is 0.322 e. The molecule has 7 heteroatoms. The first-order valence-electron chi connectivity index (χ1n) is 4.50. The topological polar surface area (TPSA) is 92.7 Å². The van der Waals surface area contributed by atoms with Crippen molar-refractivity contribution in [3.8, 4) is 0 Å². The number of esters is 1. The summed E-state index contributed by atoms with van der Waals surface area (Å²) in [6.45, 7) is 4.40. The van der Waals surface area contributed by atoms with Crippen LogP contribution in [0.4, 0.5) is 0 Å². The van der Waals surface area contributed by atoms with Crippen LogP contribution in [0.1, 0.15) is 20.8 Å². The summed E-state index contributed by atoms with van der Waals surface area (Å²) in [4.78, 5) is 10.9. The summed E-state index contributed by atoms with van der Waals surface area (Å²) in [6, 6.07) is 0. The van der Waals surface area contributed by atoms with Crippen LogP contribution in [-0.2, 0) is 19.6 Å². The molecular formula is C8H17NO5S. The minimum absolute atomic E-state index is 0.137. The summed E-state index contributed by atoms with van der Waals surface area (Å²) < 4.78 is 29.4. The van der Waals surface area contributed by atoms with Crippen LogP contribution in [-0.4, -0.2) is 44.0 Å². The number of hydrogen-bond acceptors (Lipinski definition) is 5. The second-order valence-corrected chi connectivity index (χ2v) is 5.43. The average Bonchev–Trinajstić information content (AvgIpc) is 2.01. The quantitative estimate of drug-likeness (QED) is 0.594. The highest BCUT2D eigenvalue weighted by atomic mass is 32.2. The van der Waals surface area contributed by atoms with Gasteiger partial charge in [-0.2, -0.15) is 0 Å². The normalized spacial score (nSPS) is 12.5. The van der Waals surface area contributed by atoms with Crippen molar-refractivity contribution in [2.45, 2.75) is 26.3 Å². The molecule has 0 aliphatic rings. The van der Waals surface area contributed by atoms with Gasteiger partial charge in [-0.3, -0.25) is 4.79 Å². The molecule has 0 saturated heterocycles. The van der Waals surface area contributed by atoms with Crippen LogP contribution in [0.15, 0.2) is 0 Å². The van der Waals surface area contributed by atoms with Crippen molar-refractivity contribution < 1.29 is 23.1 Å². The largest absolute Gasteiger partial charge is 0.465 e. The predicted octanol–water partition coefficient (Wildman–Crippen LogP) is -0.760. The number of sulfonamides is 1. The lowest BCUT2D eigenvalue weighted by Crippen LogP contribution is -2.48. The van der Waals surface area contributed by atoms with E-state index < -0.39 is 27.3 Å². The van der Waals surface area contributed by atoms with Crippen LogP contribution >= 0.6 is 0 Å². The maximum atomic E-state index is 11.4. The van der Waals surface area contributed by atoms with Gasteiger partial charge in [0.2, 0.25) is 10.0 Å². The van der Waals surface area contributed by atoms with E-state index in [1.54, 1.807) is 6.92 Å². The summed E-state index contributed by atoms with van der Waals surface area (Å²) in [5.41, 5.74) is -0.981. The smallest absolute Gasteiger partial charge is 0.322 e. The number of nitrogens with one attached hydrogen (secondary N) is 1. The van der Waals surface area contributed by atoms with Crippen LogP contribution in [0.5, 0.6) is 0 Å². The Labute approximate surface area is 89.7 Å². The molecule has 0 atom stereocenters. The Balaban J connectivity index is 4.39. The Morgan fingerprint density at radius 2 is 2.00 bits per heavy atom. The Bertz CT molecular complexity index is 309. The molecule has 0 heterocycles. The van der Waals surface area contributed by atoms with Gasteiger partial charge >= 0.3 is 5.97 Å². The van der Waals surface area contributed by atoms with Gasteiger partial charge in [-0.15, -0.1) is 0 Å². The molecule has 2 N–H and O–H groups in total. The summed E-state index contributed by atoms with van der Waals surface area (Å²) in [5, 5.41) is 8.85. The number of ether oxygens (including phenoxy) is 1. The molecule has 0 rings (SSSR count). The van der Waals surface area contributed by atoms with E-state index in [9.17, 15) is 13.2 Å². The van der Waals surface area contributed by atoms with E-state index in [1.807, 2.05) is 0 Å². The predicted molar refractivity (Wildman–Crippen MR) is 54.7 cm³/mol. The van der Waals surface area contributed by atoms with Gasteiger partial charge in [-0.05, 0) is 20.8 Å². The minimum atomic E-state index is -3.76. The van der Waals surface area contributed by atoms with Crippen molar-refractivity contribution in [1.82, 2.24) is 4.72 Å². The molecule has 0 aromatic carbocycles. The van der Waals surface area contributed by atoms with Crippen molar-refractivity contribution in [3.05, 3.63) is 0 Å². The first kappa shape index (κ1) is 14.3. The first-order valence-corrected chi connectivity index (χ1v) is 6.16. The molecule has 0 bridgehead atoms. The standard InChI is InChI=1S/C8H17NO5S/c1-4-14-7(11)5-15(12,13)9-8(2,3)6-10/h9-10H,4-6H2,1-3H3. The van der Waals surface area contributed by atoms with Gasteiger partial charge in [0.1, 0.15) is 0 Å². The molecule has 0 aromatic rings. The van der Waals surface area contributed by atoms with Gasteiger partial charge in [-0.1, -0.05) is 0 Å². The molecule has 0 aliphatic carbocycles. The fourth-order valence-electron chi connectivity index (χ4n) is 0.847. The molecule has 0 spiro atoms. The zero-order valence-electron chi connectivity index (χ0n) is 9.11. The van der Waals surface area contributed by atoms with Crippen molar-refractivity contribution in [1.29, 1.82) is 0 Å². The van der Waals surface area contributed by atoms with Gasteiger partial charge < -0.3 is 9.84 Å². The molecule has 0 aliphatic heterocycles. The minimum Gasteiger partial charge on any atom is -0.465 e. The van der Waals surface area contributed by atoms with Gasteiger partial charge in [0, 0.05) is 0 Å². The van der Waals surface area contributed by atoms with Crippen LogP contribution in [0.3, 0.4) is 0 Å². The van der Waals surface area contributed by atoms with Gasteiger partial charge in [0.05, 0.1) is 18.8 Å². The highest BCUT2D eigenvalue weighted by Gasteiger charge is 2.26. The van der Waals surface area contributed by atoms with Crippen LogP contribution in [0.25, 0.3) is 0 Å². The lowest BCUT2D eigenvalue weighted by Gasteiger charge is -2.22. The number of aliphatic hydroxyl groups excluding tert-OH is 1. The van der Waals surface area contributed by atoms with E-state index in [-0.39, 0.29) is 13.2 Å². The fraction of sp³-hybridized carbons (Fsp3) is 0.875. The first-order chi connectivity index (χ1) is 6.72. The van der Waals surface area contributed by atoms with Crippen LogP contribution in [0, 0.1) is 0 Å². The molecular weight excluding hydrogens is 222 g/mol. The number of aliphatic hydroxyl groups is 1. The summed E-state index contributed by atoms with van der Waals surface area (Å²) >= 11 is 0. The molecule has 0 amide bonds. The second kappa shape index (κ2) is 5.43. The molecule has 0 radical (unpaired) electrons. The van der Waals surface area contributed by atoms with Gasteiger partial charge in [0.25, 0.3) is 0 Å². The lowest BCUT2D eigenvalue weighted by molar-refractivity contribution is -0.139. The Hall–Kier alpha value is -0.660. The number of carbonyl (C=O) groups excluding carboxylic acids is 1. The summed E-state index contributed by atoms with van der Waals surface area (Å²) in [7, 11) is -3.76. The third-order valence-electron chi connectivity index (χ3n) is 1.44.